The van der Waals surface area contributed by atoms with Crippen molar-refractivity contribution in [3.05, 3.63) is 58.1 Å². The Hall–Kier alpha value is -1.38. The van der Waals surface area contributed by atoms with Crippen molar-refractivity contribution in [2.75, 3.05) is 7.11 Å². The van der Waals surface area contributed by atoms with Crippen molar-refractivity contribution < 1.29 is 9.47 Å². The highest BCUT2D eigenvalue weighted by Crippen LogP contribution is 2.32. The second kappa shape index (κ2) is 5.98. The number of ether oxygens (including phenoxy) is 2. The normalized spacial score (nSPS) is 10.2. The average Bonchev–Trinajstić information content (AvgIpc) is 2.39. The maximum absolute atomic E-state index is 6.01. The Balaban J connectivity index is 2.06. The first-order chi connectivity index (χ1) is 8.70. The predicted molar refractivity (Wildman–Crippen MR) is 73.8 cm³/mol. The number of methoxy groups -OCH3 is 1. The first kappa shape index (κ1) is 13.1. The Morgan fingerprint density at radius 3 is 2.11 bits per heavy atom. The van der Waals surface area contributed by atoms with Crippen LogP contribution in [0.4, 0.5) is 0 Å². The first-order valence-corrected chi connectivity index (χ1v) is 6.16. The van der Waals surface area contributed by atoms with Gasteiger partial charge in [-0.25, -0.2) is 0 Å². The van der Waals surface area contributed by atoms with E-state index in [9.17, 15) is 0 Å². The maximum atomic E-state index is 6.01. The Labute approximate surface area is 116 Å². The van der Waals surface area contributed by atoms with Crippen LogP contribution < -0.4 is 9.47 Å². The molecule has 0 heterocycles. The van der Waals surface area contributed by atoms with E-state index in [1.165, 1.54) is 0 Å². The summed E-state index contributed by atoms with van der Waals surface area (Å²) in [5, 5.41) is 1.02. The van der Waals surface area contributed by atoms with Gasteiger partial charge in [0, 0.05) is 0 Å². The highest BCUT2D eigenvalue weighted by molar-refractivity contribution is 6.37. The SMILES string of the molecule is COc1ccc(COc2c(Cl)cccc2Cl)cc1. The van der Waals surface area contributed by atoms with E-state index in [4.69, 9.17) is 32.7 Å². The molecule has 0 aromatic heterocycles. The molecule has 94 valence electrons. The van der Waals surface area contributed by atoms with Crippen LogP contribution in [0.2, 0.25) is 10.0 Å². The van der Waals surface area contributed by atoms with Crippen LogP contribution >= 0.6 is 23.2 Å². The third-order valence-electron chi connectivity index (χ3n) is 2.46. The van der Waals surface area contributed by atoms with Gasteiger partial charge in [0.25, 0.3) is 0 Å². The lowest BCUT2D eigenvalue weighted by molar-refractivity contribution is 0.306. The van der Waals surface area contributed by atoms with Gasteiger partial charge < -0.3 is 9.47 Å². The molecule has 0 N–H and O–H groups in total. The molecule has 0 saturated heterocycles. The zero-order chi connectivity index (χ0) is 13.0. The van der Waals surface area contributed by atoms with Gasteiger partial charge in [0.05, 0.1) is 17.2 Å². The summed E-state index contributed by atoms with van der Waals surface area (Å²) in [5.74, 6) is 1.33. The molecule has 0 spiro atoms. The van der Waals surface area contributed by atoms with E-state index < -0.39 is 0 Å². The van der Waals surface area contributed by atoms with Gasteiger partial charge in [0.2, 0.25) is 0 Å². The standard InChI is InChI=1S/C14H12Cl2O2/c1-17-11-7-5-10(6-8-11)9-18-14-12(15)3-2-4-13(14)16/h2-8H,9H2,1H3. The Morgan fingerprint density at radius 2 is 1.56 bits per heavy atom. The van der Waals surface area contributed by atoms with Crippen LogP contribution in [0.1, 0.15) is 5.56 Å². The molecule has 4 heteroatoms. The van der Waals surface area contributed by atoms with Crippen molar-refractivity contribution in [1.82, 2.24) is 0 Å². The number of para-hydroxylation sites is 1. The van der Waals surface area contributed by atoms with Gasteiger partial charge in [-0.1, -0.05) is 41.4 Å². The molecule has 0 saturated carbocycles. The van der Waals surface area contributed by atoms with Crippen LogP contribution in [-0.4, -0.2) is 7.11 Å². The summed E-state index contributed by atoms with van der Waals surface area (Å²) < 4.78 is 10.7. The molecule has 2 aromatic rings. The van der Waals surface area contributed by atoms with Gasteiger partial charge in [-0.15, -0.1) is 0 Å². The summed E-state index contributed by atoms with van der Waals surface area (Å²) in [6, 6.07) is 12.9. The Morgan fingerprint density at radius 1 is 0.944 bits per heavy atom. The first-order valence-electron chi connectivity index (χ1n) is 5.40. The second-order valence-corrected chi connectivity index (χ2v) is 4.50. The molecule has 0 aliphatic heterocycles. The summed E-state index contributed by atoms with van der Waals surface area (Å²) in [6.45, 7) is 0.410. The molecule has 18 heavy (non-hydrogen) atoms. The van der Waals surface area contributed by atoms with Crippen LogP contribution in [0.5, 0.6) is 11.5 Å². The average molecular weight is 283 g/mol. The lowest BCUT2D eigenvalue weighted by Crippen LogP contribution is -1.96. The Bertz CT molecular complexity index is 504. The highest BCUT2D eigenvalue weighted by atomic mass is 35.5. The monoisotopic (exact) mass is 282 g/mol. The van der Waals surface area contributed by atoms with Gasteiger partial charge in [0.1, 0.15) is 12.4 Å². The predicted octanol–water partition coefficient (Wildman–Crippen LogP) is 4.58. The number of rotatable bonds is 4. The molecule has 0 amide bonds. The van der Waals surface area contributed by atoms with Crippen LogP contribution in [0.15, 0.2) is 42.5 Å². The molecule has 0 aliphatic rings. The van der Waals surface area contributed by atoms with E-state index >= 15 is 0 Å². The van der Waals surface area contributed by atoms with E-state index in [0.29, 0.717) is 22.4 Å². The van der Waals surface area contributed by atoms with Crippen molar-refractivity contribution in [2.45, 2.75) is 6.61 Å². The van der Waals surface area contributed by atoms with Crippen LogP contribution in [0, 0.1) is 0 Å². The van der Waals surface area contributed by atoms with Crippen molar-refractivity contribution in [3.63, 3.8) is 0 Å². The molecule has 2 nitrogen and oxygen atoms in total. The van der Waals surface area contributed by atoms with E-state index in [1.807, 2.05) is 24.3 Å². The van der Waals surface area contributed by atoms with E-state index in [1.54, 1.807) is 25.3 Å². The minimum Gasteiger partial charge on any atom is -0.497 e. The fraction of sp³-hybridized carbons (Fsp3) is 0.143. The maximum Gasteiger partial charge on any atom is 0.156 e. The van der Waals surface area contributed by atoms with Crippen LogP contribution in [0.25, 0.3) is 0 Å². The number of benzene rings is 2. The fourth-order valence-corrected chi connectivity index (χ4v) is 2.00. The van der Waals surface area contributed by atoms with Gasteiger partial charge in [-0.2, -0.15) is 0 Å². The molecule has 2 aromatic carbocycles. The zero-order valence-electron chi connectivity index (χ0n) is 9.82. The molecule has 0 fully saturated rings. The molecule has 2 rings (SSSR count). The van der Waals surface area contributed by atoms with Gasteiger partial charge in [-0.3, -0.25) is 0 Å². The summed E-state index contributed by atoms with van der Waals surface area (Å²) in [4.78, 5) is 0. The van der Waals surface area contributed by atoms with E-state index in [0.717, 1.165) is 11.3 Å². The van der Waals surface area contributed by atoms with Crippen molar-refractivity contribution >= 4 is 23.2 Å². The third kappa shape index (κ3) is 3.09. The largest absolute Gasteiger partial charge is 0.497 e. The van der Waals surface area contributed by atoms with Crippen molar-refractivity contribution in [1.29, 1.82) is 0 Å². The van der Waals surface area contributed by atoms with E-state index in [-0.39, 0.29) is 0 Å². The molecule has 0 radical (unpaired) electrons. The molecular formula is C14H12Cl2O2. The summed E-state index contributed by atoms with van der Waals surface area (Å²) in [5.41, 5.74) is 1.02. The summed E-state index contributed by atoms with van der Waals surface area (Å²) in [6.07, 6.45) is 0. The second-order valence-electron chi connectivity index (χ2n) is 3.69. The third-order valence-corrected chi connectivity index (χ3v) is 3.06. The molecule has 0 bridgehead atoms. The zero-order valence-corrected chi connectivity index (χ0v) is 11.3. The number of hydrogen-bond acceptors (Lipinski definition) is 2. The van der Waals surface area contributed by atoms with Gasteiger partial charge in [0.15, 0.2) is 5.75 Å². The van der Waals surface area contributed by atoms with Crippen molar-refractivity contribution in [3.8, 4) is 11.5 Å². The van der Waals surface area contributed by atoms with Crippen molar-refractivity contribution in [2.24, 2.45) is 0 Å². The highest BCUT2D eigenvalue weighted by Gasteiger charge is 2.06. The minimum atomic E-state index is 0.410. The lowest BCUT2D eigenvalue weighted by Gasteiger charge is -2.10. The quantitative estimate of drug-likeness (QED) is 0.817. The van der Waals surface area contributed by atoms with E-state index in [2.05, 4.69) is 0 Å². The van der Waals surface area contributed by atoms with Crippen LogP contribution in [-0.2, 0) is 6.61 Å². The number of hydrogen-bond donors (Lipinski definition) is 0. The molecular weight excluding hydrogens is 271 g/mol. The number of halogens is 2. The van der Waals surface area contributed by atoms with Gasteiger partial charge >= 0.3 is 0 Å². The van der Waals surface area contributed by atoms with Crippen LogP contribution in [0.3, 0.4) is 0 Å². The lowest BCUT2D eigenvalue weighted by atomic mass is 10.2. The fourth-order valence-electron chi connectivity index (χ4n) is 1.50. The topological polar surface area (TPSA) is 18.5 Å². The smallest absolute Gasteiger partial charge is 0.156 e. The minimum absolute atomic E-state index is 0.410. The Kier molecular flexibility index (Phi) is 4.34. The molecule has 0 aliphatic carbocycles. The molecule has 0 unspecified atom stereocenters. The summed E-state index contributed by atoms with van der Waals surface area (Å²) >= 11 is 12.0. The summed E-state index contributed by atoms with van der Waals surface area (Å²) in [7, 11) is 1.63. The van der Waals surface area contributed by atoms with Gasteiger partial charge in [-0.05, 0) is 29.8 Å². The molecule has 0 atom stereocenters.